The zero-order chi connectivity index (χ0) is 13.8. The number of benzene rings is 1. The summed E-state index contributed by atoms with van der Waals surface area (Å²) >= 11 is 0. The van der Waals surface area contributed by atoms with Crippen molar-refractivity contribution < 1.29 is 4.74 Å². The minimum atomic E-state index is 0. The molecule has 2 fully saturated rings. The lowest BCUT2D eigenvalue weighted by atomic mass is 9.91. The molecule has 5 heteroatoms. The molecule has 1 aliphatic carbocycles. The topological polar surface area (TPSA) is 38.5 Å². The highest BCUT2D eigenvalue weighted by molar-refractivity contribution is 5.85. The molecular formula is C17H28Cl2N2O. The Bertz CT molecular complexity index is 418. The van der Waals surface area contributed by atoms with Gasteiger partial charge in [-0.3, -0.25) is 4.90 Å². The van der Waals surface area contributed by atoms with E-state index in [9.17, 15) is 0 Å². The number of nitrogens with zero attached hydrogens (tertiary/aromatic N) is 1. The fraction of sp³-hybridized carbons (Fsp3) is 0.647. The molecule has 3 atom stereocenters. The van der Waals surface area contributed by atoms with Gasteiger partial charge in [-0.1, -0.05) is 43.2 Å². The summed E-state index contributed by atoms with van der Waals surface area (Å²) in [6.45, 7) is 2.94. The van der Waals surface area contributed by atoms with E-state index in [1.54, 1.807) is 0 Å². The second-order valence-corrected chi connectivity index (χ2v) is 6.23. The summed E-state index contributed by atoms with van der Waals surface area (Å²) in [5.74, 6) is 0. The zero-order valence-corrected chi connectivity index (χ0v) is 14.7. The highest BCUT2D eigenvalue weighted by Gasteiger charge is 2.34. The van der Waals surface area contributed by atoms with Gasteiger partial charge in [-0.2, -0.15) is 0 Å². The Morgan fingerprint density at radius 1 is 1.05 bits per heavy atom. The lowest BCUT2D eigenvalue weighted by molar-refractivity contribution is -0.0392. The summed E-state index contributed by atoms with van der Waals surface area (Å²) in [4.78, 5) is 2.57. The van der Waals surface area contributed by atoms with E-state index in [1.807, 2.05) is 0 Å². The van der Waals surface area contributed by atoms with Crippen LogP contribution < -0.4 is 5.73 Å². The van der Waals surface area contributed by atoms with E-state index in [0.717, 1.165) is 26.1 Å². The predicted octanol–water partition coefficient (Wildman–Crippen LogP) is 3.39. The number of nitrogens with two attached hydrogens (primary N) is 1. The molecule has 22 heavy (non-hydrogen) atoms. The van der Waals surface area contributed by atoms with Crippen LogP contribution in [0.4, 0.5) is 0 Å². The predicted molar refractivity (Wildman–Crippen MR) is 95.9 cm³/mol. The van der Waals surface area contributed by atoms with Crippen LogP contribution in [0.2, 0.25) is 0 Å². The first-order valence-corrected chi connectivity index (χ1v) is 7.98. The van der Waals surface area contributed by atoms with Gasteiger partial charge in [0, 0.05) is 25.2 Å². The average molecular weight is 347 g/mol. The van der Waals surface area contributed by atoms with E-state index in [4.69, 9.17) is 10.5 Å². The molecule has 1 saturated carbocycles. The minimum absolute atomic E-state index is 0. The van der Waals surface area contributed by atoms with Gasteiger partial charge in [0.05, 0.1) is 12.7 Å². The van der Waals surface area contributed by atoms with Crippen molar-refractivity contribution >= 4 is 24.8 Å². The number of hydrogen-bond acceptors (Lipinski definition) is 3. The molecule has 1 saturated heterocycles. The molecule has 3 rings (SSSR count). The molecule has 0 aromatic heterocycles. The molecule has 0 radical (unpaired) electrons. The van der Waals surface area contributed by atoms with Gasteiger partial charge in [-0.05, 0) is 24.8 Å². The summed E-state index contributed by atoms with van der Waals surface area (Å²) in [5, 5.41) is 0. The highest BCUT2D eigenvalue weighted by atomic mass is 35.5. The highest BCUT2D eigenvalue weighted by Crippen LogP contribution is 2.28. The maximum atomic E-state index is 6.25. The van der Waals surface area contributed by atoms with Crippen molar-refractivity contribution in [3.63, 3.8) is 0 Å². The van der Waals surface area contributed by atoms with Crippen molar-refractivity contribution in [1.82, 2.24) is 4.90 Å². The van der Waals surface area contributed by atoms with Crippen molar-refractivity contribution in [2.45, 2.75) is 56.9 Å². The lowest BCUT2D eigenvalue weighted by Gasteiger charge is -2.37. The average Bonchev–Trinajstić information content (AvgIpc) is 2.93. The Kier molecular flexibility index (Phi) is 8.73. The quantitative estimate of drug-likeness (QED) is 0.907. The molecule has 0 bridgehead atoms. The van der Waals surface area contributed by atoms with Crippen molar-refractivity contribution in [2.75, 3.05) is 13.1 Å². The van der Waals surface area contributed by atoms with Gasteiger partial charge in [-0.25, -0.2) is 0 Å². The summed E-state index contributed by atoms with van der Waals surface area (Å²) in [6, 6.07) is 11.5. The van der Waals surface area contributed by atoms with Gasteiger partial charge in [0.1, 0.15) is 0 Å². The van der Waals surface area contributed by atoms with Crippen LogP contribution in [0.25, 0.3) is 0 Å². The second kappa shape index (κ2) is 9.74. The number of likely N-dealkylation sites (tertiary alicyclic amines) is 1. The molecule has 2 aliphatic rings. The van der Waals surface area contributed by atoms with Crippen molar-refractivity contribution in [3.05, 3.63) is 35.9 Å². The molecule has 0 spiro atoms. The van der Waals surface area contributed by atoms with Crippen LogP contribution in [-0.2, 0) is 11.3 Å². The van der Waals surface area contributed by atoms with Crippen LogP contribution >= 0.6 is 24.8 Å². The third kappa shape index (κ3) is 5.10. The molecule has 1 aromatic rings. The zero-order valence-electron chi connectivity index (χ0n) is 13.0. The smallest absolute Gasteiger partial charge is 0.0734 e. The van der Waals surface area contributed by atoms with E-state index < -0.39 is 0 Å². The van der Waals surface area contributed by atoms with Gasteiger partial charge in [0.15, 0.2) is 0 Å². The maximum Gasteiger partial charge on any atom is 0.0734 e. The van der Waals surface area contributed by atoms with Crippen LogP contribution in [0, 0.1) is 0 Å². The fourth-order valence-electron chi connectivity index (χ4n) is 3.58. The minimum Gasteiger partial charge on any atom is -0.372 e. The Labute approximate surface area is 146 Å². The summed E-state index contributed by atoms with van der Waals surface area (Å²) in [5.41, 5.74) is 7.33. The fourth-order valence-corrected chi connectivity index (χ4v) is 3.58. The molecule has 2 unspecified atom stereocenters. The van der Waals surface area contributed by atoms with Crippen LogP contribution in [0.3, 0.4) is 0 Å². The van der Waals surface area contributed by atoms with E-state index in [-0.39, 0.29) is 24.8 Å². The third-order valence-corrected chi connectivity index (χ3v) is 4.70. The van der Waals surface area contributed by atoms with Gasteiger partial charge < -0.3 is 10.5 Å². The van der Waals surface area contributed by atoms with Crippen LogP contribution in [0.1, 0.15) is 37.7 Å². The Hall–Kier alpha value is -0.320. The van der Waals surface area contributed by atoms with Crippen molar-refractivity contribution in [2.24, 2.45) is 5.73 Å². The van der Waals surface area contributed by atoms with Gasteiger partial charge >= 0.3 is 0 Å². The first-order chi connectivity index (χ1) is 9.83. The molecule has 1 heterocycles. The Morgan fingerprint density at radius 2 is 1.77 bits per heavy atom. The standard InChI is InChI=1S/C17H26N2O.2ClH/c18-15-10-11-19(12-15)16-8-4-5-9-17(16)20-13-14-6-2-1-3-7-14;;/h1-3,6-7,15-17H,4-5,8-13,18H2;2*1H/t15-,16?,17?;;/m1../s1. The molecule has 1 aliphatic heterocycles. The number of hydrogen-bond donors (Lipinski definition) is 1. The SMILES string of the molecule is Cl.Cl.N[C@@H]1CCN(C2CCCCC2OCc2ccccc2)C1. The number of halogens is 2. The van der Waals surface area contributed by atoms with Crippen LogP contribution in [0.5, 0.6) is 0 Å². The number of ether oxygens (including phenoxy) is 1. The number of rotatable bonds is 4. The largest absolute Gasteiger partial charge is 0.372 e. The first-order valence-electron chi connectivity index (χ1n) is 7.98. The van der Waals surface area contributed by atoms with E-state index in [2.05, 4.69) is 35.2 Å². The third-order valence-electron chi connectivity index (χ3n) is 4.70. The van der Waals surface area contributed by atoms with E-state index in [0.29, 0.717) is 18.2 Å². The first kappa shape index (κ1) is 19.7. The summed E-state index contributed by atoms with van der Waals surface area (Å²) < 4.78 is 6.25. The molecule has 1 aromatic carbocycles. The molecular weight excluding hydrogens is 319 g/mol. The normalized spacial score (nSPS) is 28.7. The lowest BCUT2D eigenvalue weighted by Crippen LogP contribution is -2.46. The van der Waals surface area contributed by atoms with Crippen LogP contribution in [-0.4, -0.2) is 36.2 Å². The van der Waals surface area contributed by atoms with E-state index >= 15 is 0 Å². The monoisotopic (exact) mass is 346 g/mol. The van der Waals surface area contributed by atoms with Crippen molar-refractivity contribution in [3.8, 4) is 0 Å². The Balaban J connectivity index is 0.00000121. The van der Waals surface area contributed by atoms with Gasteiger partial charge in [-0.15, -0.1) is 24.8 Å². The molecule has 2 N–H and O–H groups in total. The van der Waals surface area contributed by atoms with Gasteiger partial charge in [0.25, 0.3) is 0 Å². The summed E-state index contributed by atoms with van der Waals surface area (Å²) in [6.07, 6.45) is 6.63. The Morgan fingerprint density at radius 3 is 2.45 bits per heavy atom. The second-order valence-electron chi connectivity index (χ2n) is 6.23. The van der Waals surface area contributed by atoms with Gasteiger partial charge in [0.2, 0.25) is 0 Å². The van der Waals surface area contributed by atoms with Crippen molar-refractivity contribution in [1.29, 1.82) is 0 Å². The maximum absolute atomic E-state index is 6.25. The van der Waals surface area contributed by atoms with Crippen LogP contribution in [0.15, 0.2) is 30.3 Å². The molecule has 3 nitrogen and oxygen atoms in total. The van der Waals surface area contributed by atoms with E-state index in [1.165, 1.54) is 31.2 Å². The summed E-state index contributed by atoms with van der Waals surface area (Å²) in [7, 11) is 0. The molecule has 126 valence electrons. The molecule has 0 amide bonds.